The fourth-order valence-corrected chi connectivity index (χ4v) is 4.69. The van der Waals surface area contributed by atoms with Crippen molar-refractivity contribution in [3.8, 4) is 0 Å². The van der Waals surface area contributed by atoms with E-state index in [1.54, 1.807) is 6.92 Å². The lowest BCUT2D eigenvalue weighted by molar-refractivity contribution is -0.147. The second-order valence-corrected chi connectivity index (χ2v) is 9.68. The molecule has 3 aromatic rings. The standard InChI is InChI=1S/C27H19Cl2F6N3O3/c1-2-41-23(39)25(16-4-8-18(28)9-5-16)14-38(24(40)36-19-10-6-17(7-11-19)26(30,31)32)37-22(25)15-3-12-20(21(29)13-15)27(33,34)35/h3-13H,2,14H2,1H3,(H,36,40). The first kappa shape index (κ1) is 30.2. The van der Waals surface area contributed by atoms with Gasteiger partial charge in [0.05, 0.1) is 35.0 Å². The van der Waals surface area contributed by atoms with Crippen LogP contribution >= 0.6 is 23.2 Å². The Hall–Kier alpha value is -3.77. The van der Waals surface area contributed by atoms with Gasteiger partial charge in [-0.1, -0.05) is 41.4 Å². The van der Waals surface area contributed by atoms with Gasteiger partial charge in [0.15, 0.2) is 5.41 Å². The van der Waals surface area contributed by atoms with E-state index in [1.165, 1.54) is 24.3 Å². The quantitative estimate of drug-likeness (QED) is 0.235. The zero-order valence-corrected chi connectivity index (χ0v) is 22.4. The Kier molecular flexibility index (Phi) is 8.28. The summed E-state index contributed by atoms with van der Waals surface area (Å²) in [4.78, 5) is 26.8. The van der Waals surface area contributed by atoms with Crippen molar-refractivity contribution in [2.45, 2.75) is 24.7 Å². The van der Waals surface area contributed by atoms with E-state index < -0.39 is 52.5 Å². The van der Waals surface area contributed by atoms with E-state index in [2.05, 4.69) is 10.4 Å². The van der Waals surface area contributed by atoms with Crippen LogP contribution in [0.4, 0.5) is 36.8 Å². The van der Waals surface area contributed by atoms with Crippen molar-refractivity contribution < 1.29 is 40.7 Å². The number of hydrazone groups is 1. The van der Waals surface area contributed by atoms with Crippen molar-refractivity contribution in [1.29, 1.82) is 0 Å². The second-order valence-electron chi connectivity index (χ2n) is 8.84. The summed E-state index contributed by atoms with van der Waals surface area (Å²) < 4.78 is 84.2. The number of anilines is 1. The van der Waals surface area contributed by atoms with Crippen molar-refractivity contribution >= 4 is 46.6 Å². The molecule has 0 aliphatic carbocycles. The van der Waals surface area contributed by atoms with Crippen LogP contribution in [0.1, 0.15) is 29.2 Å². The van der Waals surface area contributed by atoms with Gasteiger partial charge < -0.3 is 10.1 Å². The Balaban J connectivity index is 1.81. The normalized spacial score (nSPS) is 17.3. The Bertz CT molecular complexity index is 1490. The van der Waals surface area contributed by atoms with Crippen LogP contribution in [-0.4, -0.2) is 35.9 Å². The Morgan fingerprint density at radius 1 is 0.951 bits per heavy atom. The highest BCUT2D eigenvalue weighted by atomic mass is 35.5. The molecular formula is C27H19Cl2F6N3O3. The molecule has 41 heavy (non-hydrogen) atoms. The lowest BCUT2D eigenvalue weighted by Gasteiger charge is -2.29. The zero-order chi connectivity index (χ0) is 30.2. The van der Waals surface area contributed by atoms with E-state index in [1.807, 2.05) is 0 Å². The van der Waals surface area contributed by atoms with E-state index in [-0.39, 0.29) is 29.1 Å². The summed E-state index contributed by atoms with van der Waals surface area (Å²) in [5, 5.41) is 7.18. The number of alkyl halides is 6. The number of halogens is 8. The molecule has 14 heteroatoms. The first-order valence-corrected chi connectivity index (χ1v) is 12.6. The number of hydrogen-bond donors (Lipinski definition) is 1. The third-order valence-corrected chi connectivity index (χ3v) is 6.78. The molecule has 1 N–H and O–H groups in total. The van der Waals surface area contributed by atoms with Gasteiger partial charge in [0, 0.05) is 16.3 Å². The number of esters is 1. The maximum atomic E-state index is 13.6. The van der Waals surface area contributed by atoms with Gasteiger partial charge in [-0.05, 0) is 61.0 Å². The van der Waals surface area contributed by atoms with Crippen LogP contribution in [0.5, 0.6) is 0 Å². The minimum atomic E-state index is -4.75. The Morgan fingerprint density at radius 3 is 2.12 bits per heavy atom. The topological polar surface area (TPSA) is 71.0 Å². The molecule has 0 radical (unpaired) electrons. The molecule has 1 unspecified atom stereocenters. The summed E-state index contributed by atoms with van der Waals surface area (Å²) in [6.45, 7) is 1.00. The number of urea groups is 1. The summed E-state index contributed by atoms with van der Waals surface area (Å²) in [7, 11) is 0. The molecule has 1 aliphatic heterocycles. The monoisotopic (exact) mass is 617 g/mol. The van der Waals surface area contributed by atoms with Crippen molar-refractivity contribution in [2.75, 3.05) is 18.5 Å². The predicted octanol–water partition coefficient (Wildman–Crippen LogP) is 7.78. The summed E-state index contributed by atoms with van der Waals surface area (Å²) in [6, 6.07) is 11.4. The van der Waals surface area contributed by atoms with Crippen LogP contribution in [0.25, 0.3) is 0 Å². The summed E-state index contributed by atoms with van der Waals surface area (Å²) in [6.07, 6.45) is -9.34. The van der Waals surface area contributed by atoms with Crippen LogP contribution in [0.15, 0.2) is 71.8 Å². The number of ether oxygens (including phenoxy) is 1. The second kappa shape index (κ2) is 11.2. The molecule has 6 nitrogen and oxygen atoms in total. The molecule has 0 spiro atoms. The molecule has 0 saturated carbocycles. The predicted molar refractivity (Wildman–Crippen MR) is 140 cm³/mol. The number of benzene rings is 3. The number of carbonyl (C=O) groups is 2. The maximum Gasteiger partial charge on any atom is 0.417 e. The van der Waals surface area contributed by atoms with Crippen LogP contribution in [0.3, 0.4) is 0 Å². The average molecular weight is 618 g/mol. The Labute approximate surface area is 239 Å². The van der Waals surface area contributed by atoms with Gasteiger partial charge in [-0.15, -0.1) is 0 Å². The molecular weight excluding hydrogens is 599 g/mol. The maximum absolute atomic E-state index is 13.6. The zero-order valence-electron chi connectivity index (χ0n) is 20.9. The van der Waals surface area contributed by atoms with E-state index >= 15 is 0 Å². The molecule has 1 atom stereocenters. The third kappa shape index (κ3) is 6.13. The van der Waals surface area contributed by atoms with Crippen LogP contribution < -0.4 is 5.32 Å². The molecule has 0 fully saturated rings. The number of amides is 2. The summed E-state index contributed by atoms with van der Waals surface area (Å²) in [5.74, 6) is -0.859. The Morgan fingerprint density at radius 2 is 1.59 bits per heavy atom. The van der Waals surface area contributed by atoms with Gasteiger partial charge in [-0.3, -0.25) is 4.79 Å². The van der Waals surface area contributed by atoms with Gasteiger partial charge in [-0.2, -0.15) is 31.4 Å². The average Bonchev–Trinajstić information content (AvgIpc) is 3.30. The number of nitrogens with zero attached hydrogens (tertiary/aromatic N) is 2. The number of nitrogens with one attached hydrogen (secondary N) is 1. The van der Waals surface area contributed by atoms with Gasteiger partial charge in [0.2, 0.25) is 0 Å². The molecule has 2 amide bonds. The van der Waals surface area contributed by atoms with E-state index in [9.17, 15) is 35.9 Å². The molecule has 3 aromatic carbocycles. The van der Waals surface area contributed by atoms with Crippen LogP contribution in [-0.2, 0) is 27.3 Å². The lowest BCUT2D eigenvalue weighted by Crippen LogP contribution is -2.48. The SMILES string of the molecule is CCOC(=O)C1(c2ccc(Cl)cc2)CN(C(=O)Nc2ccc(C(F)(F)F)cc2)N=C1c1ccc(C(F)(F)F)c(Cl)c1. The first-order chi connectivity index (χ1) is 19.2. The van der Waals surface area contributed by atoms with Crippen molar-refractivity contribution in [1.82, 2.24) is 5.01 Å². The highest BCUT2D eigenvalue weighted by Crippen LogP contribution is 2.41. The van der Waals surface area contributed by atoms with Crippen molar-refractivity contribution in [2.24, 2.45) is 5.10 Å². The molecule has 0 bridgehead atoms. The van der Waals surface area contributed by atoms with E-state index in [0.29, 0.717) is 5.02 Å². The van der Waals surface area contributed by atoms with Gasteiger partial charge >= 0.3 is 24.4 Å². The first-order valence-electron chi connectivity index (χ1n) is 11.8. The van der Waals surface area contributed by atoms with Crippen LogP contribution in [0, 0.1) is 0 Å². The van der Waals surface area contributed by atoms with Crippen molar-refractivity contribution in [3.63, 3.8) is 0 Å². The third-order valence-electron chi connectivity index (χ3n) is 6.22. The van der Waals surface area contributed by atoms with Gasteiger partial charge in [-0.25, -0.2) is 9.80 Å². The molecule has 216 valence electrons. The highest BCUT2D eigenvalue weighted by molar-refractivity contribution is 6.32. The summed E-state index contributed by atoms with van der Waals surface area (Å²) >= 11 is 12.0. The summed E-state index contributed by atoms with van der Waals surface area (Å²) in [5.41, 5.74) is -3.77. The minimum Gasteiger partial charge on any atom is -0.465 e. The highest BCUT2D eigenvalue weighted by Gasteiger charge is 2.54. The minimum absolute atomic E-state index is 0.00236. The number of carbonyl (C=O) groups excluding carboxylic acids is 2. The number of rotatable bonds is 5. The van der Waals surface area contributed by atoms with Gasteiger partial charge in [0.1, 0.15) is 0 Å². The number of hydrogen-bond acceptors (Lipinski definition) is 4. The molecule has 1 heterocycles. The molecule has 0 saturated heterocycles. The fourth-order valence-electron chi connectivity index (χ4n) is 4.28. The fraction of sp³-hybridized carbons (Fsp3) is 0.222. The lowest BCUT2D eigenvalue weighted by atomic mass is 9.74. The van der Waals surface area contributed by atoms with E-state index in [0.717, 1.165) is 47.5 Å². The largest absolute Gasteiger partial charge is 0.465 e. The van der Waals surface area contributed by atoms with Crippen LogP contribution in [0.2, 0.25) is 10.0 Å². The molecule has 4 rings (SSSR count). The molecule has 1 aliphatic rings. The van der Waals surface area contributed by atoms with Crippen molar-refractivity contribution in [3.05, 3.63) is 99.0 Å². The van der Waals surface area contributed by atoms with E-state index in [4.69, 9.17) is 27.9 Å². The molecule has 0 aromatic heterocycles. The van der Waals surface area contributed by atoms with Gasteiger partial charge in [0.25, 0.3) is 0 Å². The smallest absolute Gasteiger partial charge is 0.417 e.